The number of carbonyl (C=O) groups excluding carboxylic acids is 1. The smallest absolute Gasteiger partial charge is 0.223 e. The Morgan fingerprint density at radius 3 is 2.56 bits per heavy atom. The van der Waals surface area contributed by atoms with E-state index in [1.807, 2.05) is 16.8 Å². The first-order valence-corrected chi connectivity index (χ1v) is 11.7. The highest BCUT2D eigenvalue weighted by Crippen LogP contribution is 2.28. The summed E-state index contributed by atoms with van der Waals surface area (Å²) in [5.74, 6) is 0.710. The molecule has 7 heteroatoms. The van der Waals surface area contributed by atoms with Gasteiger partial charge in [-0.1, -0.05) is 18.2 Å². The van der Waals surface area contributed by atoms with E-state index in [-0.39, 0.29) is 17.6 Å². The number of aromatic nitrogens is 3. The first-order valence-electron chi connectivity index (χ1n) is 11.7. The van der Waals surface area contributed by atoms with E-state index in [0.29, 0.717) is 6.54 Å². The van der Waals surface area contributed by atoms with E-state index < -0.39 is 0 Å². The molecular formula is C27H28FN5O. The number of nitrogens with zero attached hydrogens (tertiary/aromatic N) is 4. The lowest BCUT2D eigenvalue weighted by molar-refractivity contribution is -0.125. The number of amides is 1. The molecule has 34 heavy (non-hydrogen) atoms. The summed E-state index contributed by atoms with van der Waals surface area (Å²) in [7, 11) is 0. The van der Waals surface area contributed by atoms with Gasteiger partial charge in [0.25, 0.3) is 0 Å². The summed E-state index contributed by atoms with van der Waals surface area (Å²) < 4.78 is 15.1. The number of aryl methyl sites for hydroxylation is 2. The Bertz CT molecular complexity index is 1320. The fourth-order valence-corrected chi connectivity index (χ4v) is 4.51. The molecule has 0 aliphatic carbocycles. The van der Waals surface area contributed by atoms with Crippen molar-refractivity contribution in [1.82, 2.24) is 19.9 Å². The number of fused-ring (bicyclic) bond motifs is 1. The summed E-state index contributed by atoms with van der Waals surface area (Å²) >= 11 is 0. The molecule has 4 aromatic rings. The van der Waals surface area contributed by atoms with Gasteiger partial charge in [-0.15, -0.1) is 0 Å². The van der Waals surface area contributed by atoms with Crippen molar-refractivity contribution in [3.8, 4) is 11.3 Å². The first kappa shape index (κ1) is 22.1. The fraction of sp³-hybridized carbons (Fsp3) is 0.296. The van der Waals surface area contributed by atoms with Gasteiger partial charge in [-0.05, 0) is 73.7 Å². The summed E-state index contributed by atoms with van der Waals surface area (Å²) in [6.07, 6.45) is 5.12. The highest BCUT2D eigenvalue weighted by atomic mass is 19.1. The van der Waals surface area contributed by atoms with Crippen molar-refractivity contribution in [1.29, 1.82) is 0 Å². The minimum Gasteiger partial charge on any atom is -0.355 e. The van der Waals surface area contributed by atoms with Gasteiger partial charge in [-0.25, -0.2) is 13.9 Å². The van der Waals surface area contributed by atoms with Crippen LogP contribution in [0.2, 0.25) is 0 Å². The number of carbonyl (C=O) groups is 1. The van der Waals surface area contributed by atoms with E-state index in [1.54, 1.807) is 18.3 Å². The molecule has 6 nitrogen and oxygen atoms in total. The van der Waals surface area contributed by atoms with Gasteiger partial charge in [0, 0.05) is 43.5 Å². The van der Waals surface area contributed by atoms with Crippen LogP contribution >= 0.6 is 0 Å². The molecule has 1 fully saturated rings. The Balaban J connectivity index is 1.24. The lowest BCUT2D eigenvalue weighted by Gasteiger charge is -2.32. The van der Waals surface area contributed by atoms with Gasteiger partial charge in [0.05, 0.1) is 5.69 Å². The van der Waals surface area contributed by atoms with Crippen molar-refractivity contribution in [2.24, 2.45) is 5.92 Å². The van der Waals surface area contributed by atoms with Crippen molar-refractivity contribution in [2.45, 2.75) is 33.2 Å². The van der Waals surface area contributed by atoms with Crippen molar-refractivity contribution < 1.29 is 9.18 Å². The third kappa shape index (κ3) is 4.51. The minimum absolute atomic E-state index is 0.00205. The van der Waals surface area contributed by atoms with Crippen LogP contribution in [0.1, 0.15) is 29.5 Å². The maximum absolute atomic E-state index is 13.3. The van der Waals surface area contributed by atoms with E-state index in [0.717, 1.165) is 54.1 Å². The van der Waals surface area contributed by atoms with Gasteiger partial charge in [0.15, 0.2) is 5.82 Å². The number of hydrogen-bond acceptors (Lipinski definition) is 4. The predicted octanol–water partition coefficient (Wildman–Crippen LogP) is 4.69. The first-order chi connectivity index (χ1) is 16.5. The molecule has 1 aliphatic heterocycles. The average Bonchev–Trinajstić information content (AvgIpc) is 3.29. The van der Waals surface area contributed by atoms with E-state index >= 15 is 0 Å². The topological polar surface area (TPSA) is 62.5 Å². The second-order valence-corrected chi connectivity index (χ2v) is 9.01. The van der Waals surface area contributed by atoms with E-state index in [2.05, 4.69) is 52.3 Å². The Morgan fingerprint density at radius 2 is 1.82 bits per heavy atom. The maximum Gasteiger partial charge on any atom is 0.223 e. The van der Waals surface area contributed by atoms with E-state index in [4.69, 9.17) is 0 Å². The van der Waals surface area contributed by atoms with Gasteiger partial charge in [0.2, 0.25) is 5.91 Å². The summed E-state index contributed by atoms with van der Waals surface area (Å²) in [4.78, 5) is 19.6. The molecule has 174 valence electrons. The third-order valence-corrected chi connectivity index (χ3v) is 6.71. The number of halogens is 1. The van der Waals surface area contributed by atoms with Crippen LogP contribution in [0.4, 0.5) is 10.2 Å². The lowest BCUT2D eigenvalue weighted by Crippen LogP contribution is -2.40. The van der Waals surface area contributed by atoms with E-state index in [1.165, 1.54) is 23.3 Å². The molecule has 0 atom stereocenters. The average molecular weight is 458 g/mol. The zero-order valence-corrected chi connectivity index (χ0v) is 19.5. The van der Waals surface area contributed by atoms with Crippen LogP contribution in [0.5, 0.6) is 0 Å². The van der Waals surface area contributed by atoms with Crippen molar-refractivity contribution >= 4 is 17.2 Å². The number of rotatable bonds is 5. The van der Waals surface area contributed by atoms with Crippen LogP contribution in [-0.2, 0) is 11.3 Å². The molecule has 0 unspecified atom stereocenters. The summed E-state index contributed by atoms with van der Waals surface area (Å²) in [6, 6.07) is 14.6. The second kappa shape index (κ2) is 9.25. The molecule has 0 saturated carbocycles. The molecule has 2 aromatic heterocycles. The molecule has 1 aliphatic rings. The number of hydrogen-bond donors (Lipinski definition) is 1. The van der Waals surface area contributed by atoms with Crippen molar-refractivity contribution in [3.05, 3.63) is 83.4 Å². The van der Waals surface area contributed by atoms with Crippen molar-refractivity contribution in [2.75, 3.05) is 18.0 Å². The monoisotopic (exact) mass is 457 g/mol. The predicted molar refractivity (Wildman–Crippen MR) is 131 cm³/mol. The van der Waals surface area contributed by atoms with Crippen molar-refractivity contribution in [3.63, 3.8) is 0 Å². The minimum atomic E-state index is -0.268. The Hall–Kier alpha value is -3.74. The maximum atomic E-state index is 13.3. The van der Waals surface area contributed by atoms with Crippen LogP contribution in [0.15, 0.2) is 60.9 Å². The molecular weight excluding hydrogens is 429 g/mol. The fourth-order valence-electron chi connectivity index (χ4n) is 4.51. The molecule has 2 aromatic carbocycles. The van der Waals surface area contributed by atoms with Crippen LogP contribution in [0, 0.1) is 25.6 Å². The normalized spacial score (nSPS) is 14.5. The second-order valence-electron chi connectivity index (χ2n) is 9.01. The van der Waals surface area contributed by atoms with Crippen LogP contribution in [0.3, 0.4) is 0 Å². The zero-order valence-electron chi connectivity index (χ0n) is 19.5. The van der Waals surface area contributed by atoms with E-state index in [9.17, 15) is 9.18 Å². The van der Waals surface area contributed by atoms with Gasteiger partial charge in [-0.2, -0.15) is 5.10 Å². The Kier molecular flexibility index (Phi) is 6.01. The summed E-state index contributed by atoms with van der Waals surface area (Å²) in [6.45, 7) is 6.25. The summed E-state index contributed by atoms with van der Waals surface area (Å²) in [5, 5.41) is 7.75. The third-order valence-electron chi connectivity index (χ3n) is 6.71. The number of piperidine rings is 1. The van der Waals surface area contributed by atoms with Crippen LogP contribution in [-0.4, -0.2) is 33.6 Å². The molecule has 1 saturated heterocycles. The molecule has 3 heterocycles. The Labute approximate surface area is 198 Å². The van der Waals surface area contributed by atoms with Gasteiger partial charge < -0.3 is 10.2 Å². The van der Waals surface area contributed by atoms with Gasteiger partial charge >= 0.3 is 0 Å². The molecule has 0 bridgehead atoms. The van der Waals surface area contributed by atoms with Gasteiger partial charge in [-0.3, -0.25) is 4.79 Å². The molecule has 1 N–H and O–H groups in total. The standard InChI is InChI=1S/C27H28FN5O/c1-18-3-4-20(15-19(18)2)17-30-27(34)22-9-12-32(13-10-22)26-25-16-24(31-33(25)14-11-29-26)21-5-7-23(28)8-6-21/h3-8,11,14-16,22H,9-10,12-13,17H2,1-2H3,(H,30,34). The SMILES string of the molecule is Cc1ccc(CNC(=O)C2CCN(c3nccn4nc(-c5ccc(F)cc5)cc34)CC2)cc1C. The number of anilines is 1. The molecule has 5 rings (SSSR count). The zero-order chi connectivity index (χ0) is 23.7. The number of nitrogens with one attached hydrogen (secondary N) is 1. The number of benzene rings is 2. The molecule has 0 radical (unpaired) electrons. The lowest BCUT2D eigenvalue weighted by atomic mass is 9.95. The molecule has 1 amide bonds. The quantitative estimate of drug-likeness (QED) is 0.473. The molecule has 0 spiro atoms. The van der Waals surface area contributed by atoms with Crippen LogP contribution < -0.4 is 10.2 Å². The largest absolute Gasteiger partial charge is 0.355 e. The van der Waals surface area contributed by atoms with Crippen LogP contribution in [0.25, 0.3) is 16.8 Å². The Morgan fingerprint density at radius 1 is 1.06 bits per heavy atom. The van der Waals surface area contributed by atoms with Gasteiger partial charge in [0.1, 0.15) is 11.3 Å². The summed E-state index contributed by atoms with van der Waals surface area (Å²) in [5.41, 5.74) is 6.16. The highest BCUT2D eigenvalue weighted by Gasteiger charge is 2.26. The highest BCUT2D eigenvalue weighted by molar-refractivity contribution is 5.79.